The van der Waals surface area contributed by atoms with Crippen molar-refractivity contribution in [1.29, 1.82) is 0 Å². The van der Waals surface area contributed by atoms with Crippen LogP contribution in [0.25, 0.3) is 5.65 Å². The van der Waals surface area contributed by atoms with Crippen LogP contribution < -0.4 is 5.73 Å². The van der Waals surface area contributed by atoms with Crippen molar-refractivity contribution in [2.75, 3.05) is 6.61 Å². The number of hydrogen-bond acceptors (Lipinski definition) is 4. The number of rotatable bonds is 2. The van der Waals surface area contributed by atoms with Gasteiger partial charge in [-0.1, -0.05) is 6.07 Å². The molecule has 2 N–H and O–H groups in total. The number of hydrogen-bond donors (Lipinski definition) is 1. The first-order valence-corrected chi connectivity index (χ1v) is 5.54. The summed E-state index contributed by atoms with van der Waals surface area (Å²) in [5.41, 5.74) is 7.52. The monoisotopic (exact) mass is 218 g/mol. The highest BCUT2D eigenvalue weighted by atomic mass is 16.5. The highest BCUT2D eigenvalue weighted by molar-refractivity contribution is 5.47. The summed E-state index contributed by atoms with van der Waals surface area (Å²) in [5.74, 6) is 0.891. The zero-order valence-corrected chi connectivity index (χ0v) is 8.97. The van der Waals surface area contributed by atoms with Gasteiger partial charge >= 0.3 is 0 Å². The van der Waals surface area contributed by atoms with E-state index in [0.717, 1.165) is 36.5 Å². The minimum absolute atomic E-state index is 0.0861. The van der Waals surface area contributed by atoms with Gasteiger partial charge in [0.1, 0.15) is 6.10 Å². The molecule has 5 heteroatoms. The van der Waals surface area contributed by atoms with Crippen LogP contribution in [0.1, 0.15) is 30.3 Å². The molecule has 0 saturated carbocycles. The number of nitrogens with zero attached hydrogens (tertiary/aromatic N) is 3. The second-order valence-electron chi connectivity index (χ2n) is 3.99. The zero-order valence-electron chi connectivity index (χ0n) is 8.97. The summed E-state index contributed by atoms with van der Waals surface area (Å²) in [6.45, 7) is 1.30. The molecular weight excluding hydrogens is 204 g/mol. The van der Waals surface area contributed by atoms with Crippen LogP contribution in [-0.2, 0) is 11.3 Å². The third-order valence-corrected chi connectivity index (χ3v) is 2.98. The maximum Gasteiger partial charge on any atom is 0.166 e. The van der Waals surface area contributed by atoms with E-state index in [1.807, 2.05) is 22.7 Å². The van der Waals surface area contributed by atoms with Gasteiger partial charge in [0.2, 0.25) is 0 Å². The third kappa shape index (κ3) is 1.40. The summed E-state index contributed by atoms with van der Waals surface area (Å²) in [5, 5.41) is 8.41. The molecule has 0 radical (unpaired) electrons. The normalized spacial score (nSPS) is 20.7. The van der Waals surface area contributed by atoms with Gasteiger partial charge in [-0.3, -0.25) is 4.40 Å². The van der Waals surface area contributed by atoms with Crippen LogP contribution in [0.3, 0.4) is 0 Å². The summed E-state index contributed by atoms with van der Waals surface area (Å²) in [4.78, 5) is 0. The predicted octanol–water partition coefficient (Wildman–Crippen LogP) is 1.04. The maximum atomic E-state index is 5.67. The first-order valence-electron chi connectivity index (χ1n) is 5.54. The number of fused-ring (bicyclic) bond motifs is 1. The first-order chi connectivity index (χ1) is 7.90. The molecular formula is C11H14N4O. The number of nitrogens with two attached hydrogens (primary N) is 1. The average Bonchev–Trinajstić information content (AvgIpc) is 2.96. The van der Waals surface area contributed by atoms with Gasteiger partial charge in [-0.05, 0) is 18.9 Å². The Bertz CT molecular complexity index is 502. The molecule has 1 atom stereocenters. The lowest BCUT2D eigenvalue weighted by molar-refractivity contribution is 0.104. The minimum atomic E-state index is 0.0861. The van der Waals surface area contributed by atoms with Crippen molar-refractivity contribution in [1.82, 2.24) is 14.6 Å². The van der Waals surface area contributed by atoms with E-state index in [-0.39, 0.29) is 6.10 Å². The minimum Gasteiger partial charge on any atom is -0.370 e. The Morgan fingerprint density at radius 1 is 1.50 bits per heavy atom. The molecule has 1 unspecified atom stereocenters. The van der Waals surface area contributed by atoms with E-state index in [0.29, 0.717) is 6.54 Å². The number of aromatic nitrogens is 3. The summed E-state index contributed by atoms with van der Waals surface area (Å²) >= 11 is 0. The van der Waals surface area contributed by atoms with Crippen LogP contribution in [-0.4, -0.2) is 21.2 Å². The Morgan fingerprint density at radius 3 is 3.19 bits per heavy atom. The fourth-order valence-electron chi connectivity index (χ4n) is 2.15. The molecule has 0 aromatic carbocycles. The second kappa shape index (κ2) is 3.84. The number of pyridine rings is 1. The third-order valence-electron chi connectivity index (χ3n) is 2.98. The Morgan fingerprint density at radius 2 is 2.44 bits per heavy atom. The summed E-state index contributed by atoms with van der Waals surface area (Å²) in [6, 6.07) is 3.94. The van der Waals surface area contributed by atoms with Crippen molar-refractivity contribution in [2.24, 2.45) is 5.73 Å². The van der Waals surface area contributed by atoms with E-state index in [4.69, 9.17) is 10.5 Å². The second-order valence-corrected chi connectivity index (χ2v) is 3.99. The van der Waals surface area contributed by atoms with Gasteiger partial charge in [-0.2, -0.15) is 0 Å². The van der Waals surface area contributed by atoms with E-state index in [1.54, 1.807) is 0 Å². The molecule has 3 rings (SSSR count). The molecule has 0 spiro atoms. The van der Waals surface area contributed by atoms with Gasteiger partial charge in [0, 0.05) is 24.9 Å². The maximum absolute atomic E-state index is 5.67. The van der Waals surface area contributed by atoms with E-state index in [9.17, 15) is 0 Å². The van der Waals surface area contributed by atoms with Crippen LogP contribution in [0, 0.1) is 0 Å². The Labute approximate surface area is 93.2 Å². The van der Waals surface area contributed by atoms with Crippen molar-refractivity contribution < 1.29 is 4.74 Å². The van der Waals surface area contributed by atoms with Crippen molar-refractivity contribution in [3.63, 3.8) is 0 Å². The lowest BCUT2D eigenvalue weighted by Gasteiger charge is -2.07. The van der Waals surface area contributed by atoms with Gasteiger partial charge in [0.25, 0.3) is 0 Å². The molecule has 1 aliphatic heterocycles. The molecule has 5 nitrogen and oxygen atoms in total. The van der Waals surface area contributed by atoms with Crippen molar-refractivity contribution in [3.05, 3.63) is 29.7 Å². The van der Waals surface area contributed by atoms with E-state index in [1.165, 1.54) is 0 Å². The number of ether oxygens (including phenoxy) is 1. The molecule has 2 aromatic rings. The molecule has 0 bridgehead atoms. The molecule has 1 fully saturated rings. The average molecular weight is 218 g/mol. The quantitative estimate of drug-likeness (QED) is 0.818. The highest BCUT2D eigenvalue weighted by Crippen LogP contribution is 2.27. The van der Waals surface area contributed by atoms with Crippen LogP contribution >= 0.6 is 0 Å². The molecule has 0 amide bonds. The van der Waals surface area contributed by atoms with Gasteiger partial charge in [-0.25, -0.2) is 0 Å². The SMILES string of the molecule is NCc1cccn2c(C3CCCO3)nnc12. The van der Waals surface area contributed by atoms with E-state index >= 15 is 0 Å². The Hall–Kier alpha value is -1.46. The first kappa shape index (κ1) is 9.74. The lowest BCUT2D eigenvalue weighted by atomic mass is 10.2. The van der Waals surface area contributed by atoms with Crippen molar-refractivity contribution in [3.8, 4) is 0 Å². The van der Waals surface area contributed by atoms with Crippen molar-refractivity contribution in [2.45, 2.75) is 25.5 Å². The summed E-state index contributed by atoms with van der Waals surface area (Å²) < 4.78 is 7.61. The van der Waals surface area contributed by atoms with Gasteiger partial charge in [0.15, 0.2) is 11.5 Å². The molecule has 16 heavy (non-hydrogen) atoms. The Kier molecular flexibility index (Phi) is 2.34. The molecule has 0 aliphatic carbocycles. The molecule has 84 valence electrons. The van der Waals surface area contributed by atoms with Crippen LogP contribution in [0.2, 0.25) is 0 Å². The molecule has 1 saturated heterocycles. The van der Waals surface area contributed by atoms with Gasteiger partial charge in [-0.15, -0.1) is 10.2 Å². The van der Waals surface area contributed by atoms with Crippen LogP contribution in [0.15, 0.2) is 18.3 Å². The molecule has 1 aliphatic rings. The van der Waals surface area contributed by atoms with E-state index < -0.39 is 0 Å². The molecule has 2 aromatic heterocycles. The Balaban J connectivity index is 2.12. The van der Waals surface area contributed by atoms with Crippen LogP contribution in [0.4, 0.5) is 0 Å². The topological polar surface area (TPSA) is 65.4 Å². The fraction of sp³-hybridized carbons (Fsp3) is 0.455. The highest BCUT2D eigenvalue weighted by Gasteiger charge is 2.23. The zero-order chi connectivity index (χ0) is 11.0. The smallest absolute Gasteiger partial charge is 0.166 e. The van der Waals surface area contributed by atoms with Crippen LogP contribution in [0.5, 0.6) is 0 Å². The standard InChI is InChI=1S/C11H14N4O/c12-7-8-3-1-5-15-10(8)13-14-11(15)9-4-2-6-16-9/h1,3,5,9H,2,4,6-7,12H2. The summed E-state index contributed by atoms with van der Waals surface area (Å²) in [6.07, 6.45) is 4.16. The van der Waals surface area contributed by atoms with E-state index in [2.05, 4.69) is 10.2 Å². The largest absolute Gasteiger partial charge is 0.370 e. The summed E-state index contributed by atoms with van der Waals surface area (Å²) in [7, 11) is 0. The predicted molar refractivity (Wildman–Crippen MR) is 58.8 cm³/mol. The van der Waals surface area contributed by atoms with Gasteiger partial charge < -0.3 is 10.5 Å². The lowest BCUT2D eigenvalue weighted by Crippen LogP contribution is -2.04. The van der Waals surface area contributed by atoms with Crippen molar-refractivity contribution >= 4 is 5.65 Å². The fourth-order valence-corrected chi connectivity index (χ4v) is 2.15. The molecule has 3 heterocycles. The van der Waals surface area contributed by atoms with Gasteiger partial charge in [0.05, 0.1) is 0 Å².